The summed E-state index contributed by atoms with van der Waals surface area (Å²) in [7, 11) is 1.96. The van der Waals surface area contributed by atoms with Crippen LogP contribution in [0, 0.1) is 13.8 Å². The molecule has 1 aromatic heterocycles. The third-order valence-electron chi connectivity index (χ3n) is 1.59. The SMILES string of the molecule is Cc1nc(S)n(C)c1C.[Zn]. The minimum atomic E-state index is 0. The molecule has 2 nitrogen and oxygen atoms in total. The molecule has 1 rings (SSSR count). The van der Waals surface area contributed by atoms with Gasteiger partial charge in [0, 0.05) is 32.2 Å². The average molecular weight is 208 g/mol. The Labute approximate surface area is 79.2 Å². The zero-order chi connectivity index (χ0) is 7.02. The summed E-state index contributed by atoms with van der Waals surface area (Å²) in [5.41, 5.74) is 2.24. The average Bonchev–Trinajstić information content (AvgIpc) is 1.98. The van der Waals surface area contributed by atoms with E-state index in [-0.39, 0.29) is 19.5 Å². The third-order valence-corrected chi connectivity index (χ3v) is 1.99. The van der Waals surface area contributed by atoms with Crippen molar-refractivity contribution in [3.8, 4) is 0 Å². The monoisotopic (exact) mass is 206 g/mol. The Bertz CT molecular complexity index is 209. The van der Waals surface area contributed by atoms with Crippen molar-refractivity contribution in [1.29, 1.82) is 0 Å². The Kier molecular flexibility index (Phi) is 3.60. The van der Waals surface area contributed by atoms with E-state index in [4.69, 9.17) is 0 Å². The fraction of sp³-hybridized carbons (Fsp3) is 0.500. The van der Waals surface area contributed by atoms with Crippen LogP contribution < -0.4 is 0 Å². The number of thiol groups is 1. The number of rotatable bonds is 0. The summed E-state index contributed by atoms with van der Waals surface area (Å²) in [6, 6.07) is 0. The van der Waals surface area contributed by atoms with Crippen molar-refractivity contribution in [3.63, 3.8) is 0 Å². The molecule has 0 saturated heterocycles. The van der Waals surface area contributed by atoms with Crippen LogP contribution in [-0.4, -0.2) is 9.55 Å². The molecule has 0 radical (unpaired) electrons. The molecule has 1 heterocycles. The molecule has 0 fully saturated rings. The van der Waals surface area contributed by atoms with E-state index in [1.54, 1.807) is 0 Å². The van der Waals surface area contributed by atoms with Crippen LogP contribution in [0.4, 0.5) is 0 Å². The molecule has 4 heteroatoms. The topological polar surface area (TPSA) is 17.8 Å². The molecule has 0 aromatic carbocycles. The van der Waals surface area contributed by atoms with Gasteiger partial charge in [0.2, 0.25) is 0 Å². The Morgan fingerprint density at radius 3 is 2.00 bits per heavy atom. The van der Waals surface area contributed by atoms with Gasteiger partial charge in [-0.3, -0.25) is 0 Å². The molecule has 0 aliphatic heterocycles. The minimum absolute atomic E-state index is 0. The zero-order valence-electron chi connectivity index (χ0n) is 6.55. The summed E-state index contributed by atoms with van der Waals surface area (Å²) >= 11 is 4.14. The number of aromatic nitrogens is 2. The summed E-state index contributed by atoms with van der Waals surface area (Å²) in [5, 5.41) is 0.782. The second-order valence-electron chi connectivity index (χ2n) is 2.14. The number of hydrogen-bond donors (Lipinski definition) is 1. The van der Waals surface area contributed by atoms with Gasteiger partial charge in [0.1, 0.15) is 0 Å². The molecule has 0 aliphatic carbocycles. The van der Waals surface area contributed by atoms with Gasteiger partial charge in [0.05, 0.1) is 5.69 Å². The normalized spacial score (nSPS) is 9.20. The van der Waals surface area contributed by atoms with Crippen molar-refractivity contribution in [2.24, 2.45) is 7.05 Å². The summed E-state index contributed by atoms with van der Waals surface area (Å²) in [6.07, 6.45) is 0. The number of nitrogens with zero attached hydrogens (tertiary/aromatic N) is 2. The quantitative estimate of drug-likeness (QED) is 0.502. The first-order valence-electron chi connectivity index (χ1n) is 2.82. The van der Waals surface area contributed by atoms with Crippen molar-refractivity contribution in [1.82, 2.24) is 9.55 Å². The third kappa shape index (κ3) is 1.61. The smallest absolute Gasteiger partial charge is 0.165 e. The molecular weight excluding hydrogens is 198 g/mol. The van der Waals surface area contributed by atoms with Crippen LogP contribution in [0.1, 0.15) is 11.4 Å². The molecule has 0 amide bonds. The van der Waals surface area contributed by atoms with Crippen molar-refractivity contribution in [2.75, 3.05) is 0 Å². The second-order valence-corrected chi connectivity index (χ2v) is 2.54. The van der Waals surface area contributed by atoms with Gasteiger partial charge in [-0.15, -0.1) is 12.6 Å². The predicted molar refractivity (Wildman–Crippen MR) is 39.9 cm³/mol. The number of imidazole rings is 1. The van der Waals surface area contributed by atoms with E-state index >= 15 is 0 Å². The Hall–Kier alpha value is 0.183. The Morgan fingerprint density at radius 1 is 1.40 bits per heavy atom. The summed E-state index contributed by atoms with van der Waals surface area (Å²) in [5.74, 6) is 0. The maximum absolute atomic E-state index is 4.14. The van der Waals surface area contributed by atoms with Gasteiger partial charge in [-0.05, 0) is 13.8 Å². The van der Waals surface area contributed by atoms with Crippen molar-refractivity contribution < 1.29 is 19.5 Å². The fourth-order valence-electron chi connectivity index (χ4n) is 0.699. The van der Waals surface area contributed by atoms with E-state index < -0.39 is 0 Å². The van der Waals surface area contributed by atoms with Gasteiger partial charge in [-0.2, -0.15) is 0 Å². The van der Waals surface area contributed by atoms with Crippen molar-refractivity contribution in [2.45, 2.75) is 19.0 Å². The van der Waals surface area contributed by atoms with E-state index in [0.717, 1.165) is 10.9 Å². The summed E-state index contributed by atoms with van der Waals surface area (Å²) in [6.45, 7) is 4.01. The minimum Gasteiger partial charge on any atom is -0.326 e. The Morgan fingerprint density at radius 2 is 1.90 bits per heavy atom. The van der Waals surface area contributed by atoms with Crippen molar-refractivity contribution >= 4 is 12.6 Å². The van der Waals surface area contributed by atoms with E-state index in [1.807, 2.05) is 25.5 Å². The molecular formula is C6H10N2SZn. The van der Waals surface area contributed by atoms with Gasteiger partial charge in [-0.1, -0.05) is 0 Å². The molecule has 1 aromatic rings. The van der Waals surface area contributed by atoms with E-state index in [9.17, 15) is 0 Å². The molecule has 0 bridgehead atoms. The Balaban J connectivity index is 0.000000810. The van der Waals surface area contributed by atoms with Crippen LogP contribution in [0.15, 0.2) is 5.16 Å². The number of aryl methyl sites for hydroxylation is 1. The maximum Gasteiger partial charge on any atom is 0.165 e. The van der Waals surface area contributed by atoms with Gasteiger partial charge in [-0.25, -0.2) is 4.98 Å². The van der Waals surface area contributed by atoms with Crippen molar-refractivity contribution in [3.05, 3.63) is 11.4 Å². The summed E-state index contributed by atoms with van der Waals surface area (Å²) < 4.78 is 1.96. The zero-order valence-corrected chi connectivity index (χ0v) is 10.4. The van der Waals surface area contributed by atoms with Crippen LogP contribution in [0.2, 0.25) is 0 Å². The van der Waals surface area contributed by atoms with Gasteiger partial charge in [0.15, 0.2) is 5.16 Å². The van der Waals surface area contributed by atoms with E-state index in [1.165, 1.54) is 5.69 Å². The van der Waals surface area contributed by atoms with Gasteiger partial charge in [0.25, 0.3) is 0 Å². The molecule has 52 valence electrons. The van der Waals surface area contributed by atoms with Crippen LogP contribution >= 0.6 is 12.6 Å². The van der Waals surface area contributed by atoms with E-state index in [2.05, 4.69) is 17.6 Å². The van der Waals surface area contributed by atoms with Gasteiger partial charge < -0.3 is 4.57 Å². The van der Waals surface area contributed by atoms with Crippen LogP contribution in [-0.2, 0) is 26.5 Å². The maximum atomic E-state index is 4.14. The molecule has 0 unspecified atom stereocenters. The summed E-state index contributed by atoms with van der Waals surface area (Å²) in [4.78, 5) is 4.14. The molecule has 0 atom stereocenters. The molecule has 10 heavy (non-hydrogen) atoms. The van der Waals surface area contributed by atoms with Crippen LogP contribution in [0.3, 0.4) is 0 Å². The van der Waals surface area contributed by atoms with Crippen LogP contribution in [0.5, 0.6) is 0 Å². The fourth-order valence-corrected chi connectivity index (χ4v) is 0.999. The predicted octanol–water partition coefficient (Wildman–Crippen LogP) is 1.32. The first kappa shape index (κ1) is 10.2. The standard InChI is InChI=1S/C6H10N2S.Zn/c1-4-5(2)8(3)6(9)7-4;/h1-3H3,(H,7,9);. The molecule has 0 spiro atoms. The molecule has 0 aliphatic rings. The second kappa shape index (κ2) is 3.54. The molecule has 0 saturated carbocycles. The largest absolute Gasteiger partial charge is 0.326 e. The molecule has 0 N–H and O–H groups in total. The van der Waals surface area contributed by atoms with Crippen LogP contribution in [0.25, 0.3) is 0 Å². The first-order valence-corrected chi connectivity index (χ1v) is 3.26. The number of hydrogen-bond acceptors (Lipinski definition) is 2. The van der Waals surface area contributed by atoms with Gasteiger partial charge >= 0.3 is 0 Å². The first-order chi connectivity index (χ1) is 4.13. The van der Waals surface area contributed by atoms with E-state index in [0.29, 0.717) is 0 Å².